The van der Waals surface area contributed by atoms with Crippen molar-refractivity contribution in [2.24, 2.45) is 0 Å². The lowest BCUT2D eigenvalue weighted by molar-refractivity contribution is 0.278. The fraction of sp³-hybridized carbons (Fsp3) is 0.474. The summed E-state index contributed by atoms with van der Waals surface area (Å²) in [4.78, 5) is 21.9. The molecule has 128 valence electrons. The van der Waals surface area contributed by atoms with E-state index in [1.54, 1.807) is 7.11 Å². The Kier molecular flexibility index (Phi) is 4.71. The van der Waals surface area contributed by atoms with E-state index in [2.05, 4.69) is 40.8 Å². The summed E-state index contributed by atoms with van der Waals surface area (Å²) in [6.45, 7) is 8.74. The van der Waals surface area contributed by atoms with Crippen LogP contribution in [-0.2, 0) is 19.4 Å². The van der Waals surface area contributed by atoms with E-state index in [0.29, 0.717) is 5.82 Å². The predicted octanol–water partition coefficient (Wildman–Crippen LogP) is 2.30. The number of aryl methyl sites for hydroxylation is 3. The van der Waals surface area contributed by atoms with Crippen LogP contribution in [0.1, 0.15) is 33.8 Å². The maximum Gasteiger partial charge on any atom is 0.254 e. The molecule has 0 amide bonds. The summed E-state index contributed by atoms with van der Waals surface area (Å²) in [5.74, 6) is 1.64. The minimum atomic E-state index is 0.0239. The van der Waals surface area contributed by atoms with Crippen molar-refractivity contribution in [1.29, 1.82) is 0 Å². The zero-order valence-corrected chi connectivity index (χ0v) is 14.9. The highest BCUT2D eigenvalue weighted by molar-refractivity contribution is 5.41. The van der Waals surface area contributed by atoms with Gasteiger partial charge in [-0.1, -0.05) is 6.07 Å². The van der Waals surface area contributed by atoms with Crippen molar-refractivity contribution in [3.8, 4) is 5.75 Å². The third-order valence-corrected chi connectivity index (χ3v) is 4.81. The van der Waals surface area contributed by atoms with Crippen molar-refractivity contribution in [3.63, 3.8) is 0 Å². The normalized spacial score (nSPS) is 15.0. The maximum atomic E-state index is 12.1. The number of fused-ring (bicyclic) bond motifs is 1. The summed E-state index contributed by atoms with van der Waals surface area (Å²) < 4.78 is 5.40. The molecule has 0 atom stereocenters. The molecule has 2 aromatic rings. The van der Waals surface area contributed by atoms with Gasteiger partial charge in [0.1, 0.15) is 11.6 Å². The number of nitrogens with zero attached hydrogens (tertiary/aromatic N) is 2. The second kappa shape index (κ2) is 6.77. The van der Waals surface area contributed by atoms with Gasteiger partial charge in [-0.25, -0.2) is 4.98 Å². The first-order valence-corrected chi connectivity index (χ1v) is 8.43. The molecule has 0 aliphatic carbocycles. The van der Waals surface area contributed by atoms with Crippen LogP contribution in [-0.4, -0.2) is 35.1 Å². The monoisotopic (exact) mass is 327 g/mol. The summed E-state index contributed by atoms with van der Waals surface area (Å²) in [5, 5.41) is 0. The summed E-state index contributed by atoms with van der Waals surface area (Å²) in [6.07, 6.45) is 1.58. The number of methoxy groups -OCH3 is 1. The highest BCUT2D eigenvalue weighted by Crippen LogP contribution is 2.24. The standard InChI is InChI=1S/C19H25N3O2/c1-12-10-18(24-4)13(2)9-15(12)11-22-7-5-16-17(6-8-22)20-14(3)21-19(16)23/h9-10H,5-8,11H2,1-4H3,(H,20,21,23). The Labute approximate surface area is 142 Å². The van der Waals surface area contributed by atoms with Crippen molar-refractivity contribution in [3.05, 3.63) is 56.3 Å². The van der Waals surface area contributed by atoms with E-state index in [4.69, 9.17) is 4.74 Å². The lowest BCUT2D eigenvalue weighted by Crippen LogP contribution is -2.26. The Morgan fingerprint density at radius 1 is 1.17 bits per heavy atom. The molecule has 1 N–H and O–H groups in total. The van der Waals surface area contributed by atoms with Gasteiger partial charge in [0, 0.05) is 31.6 Å². The van der Waals surface area contributed by atoms with Crippen LogP contribution in [0.2, 0.25) is 0 Å². The van der Waals surface area contributed by atoms with E-state index < -0.39 is 0 Å². The molecule has 0 fully saturated rings. The molecule has 5 heteroatoms. The third-order valence-electron chi connectivity index (χ3n) is 4.81. The lowest BCUT2D eigenvalue weighted by atomic mass is 10.0. The molecule has 2 heterocycles. The molecule has 24 heavy (non-hydrogen) atoms. The Morgan fingerprint density at radius 3 is 2.67 bits per heavy atom. The van der Waals surface area contributed by atoms with Crippen LogP contribution in [0.4, 0.5) is 0 Å². The van der Waals surface area contributed by atoms with E-state index in [1.165, 1.54) is 11.1 Å². The van der Waals surface area contributed by atoms with E-state index in [1.807, 2.05) is 6.92 Å². The Bertz CT molecular complexity index is 811. The number of benzene rings is 1. The highest BCUT2D eigenvalue weighted by Gasteiger charge is 2.19. The van der Waals surface area contributed by atoms with E-state index in [9.17, 15) is 4.79 Å². The summed E-state index contributed by atoms with van der Waals surface area (Å²) in [6, 6.07) is 4.31. The molecule has 1 aliphatic heterocycles. The van der Waals surface area contributed by atoms with Crippen molar-refractivity contribution >= 4 is 0 Å². The van der Waals surface area contributed by atoms with Crippen molar-refractivity contribution < 1.29 is 4.74 Å². The minimum Gasteiger partial charge on any atom is -0.496 e. The molecule has 0 saturated heterocycles. The van der Waals surface area contributed by atoms with Gasteiger partial charge in [0.15, 0.2) is 0 Å². The lowest BCUT2D eigenvalue weighted by Gasteiger charge is -2.21. The largest absolute Gasteiger partial charge is 0.496 e. The molecule has 0 unspecified atom stereocenters. The second-order valence-electron chi connectivity index (χ2n) is 6.60. The molecule has 1 aromatic heterocycles. The average Bonchev–Trinajstić information content (AvgIpc) is 2.73. The SMILES string of the molecule is COc1cc(C)c(CN2CCc3nc(C)[nH]c(=O)c3CC2)cc1C. The first-order chi connectivity index (χ1) is 11.5. The molecule has 5 nitrogen and oxygen atoms in total. The second-order valence-corrected chi connectivity index (χ2v) is 6.60. The highest BCUT2D eigenvalue weighted by atomic mass is 16.5. The van der Waals surface area contributed by atoms with Crippen molar-refractivity contribution in [2.45, 2.75) is 40.2 Å². The fourth-order valence-corrected chi connectivity index (χ4v) is 3.42. The van der Waals surface area contributed by atoms with Crippen LogP contribution in [0, 0.1) is 20.8 Å². The van der Waals surface area contributed by atoms with Crippen LogP contribution in [0.5, 0.6) is 5.75 Å². The quantitative estimate of drug-likeness (QED) is 0.940. The van der Waals surface area contributed by atoms with Crippen LogP contribution >= 0.6 is 0 Å². The van der Waals surface area contributed by atoms with Gasteiger partial charge >= 0.3 is 0 Å². The molecule has 0 spiro atoms. The number of hydrogen-bond donors (Lipinski definition) is 1. The predicted molar refractivity (Wildman–Crippen MR) is 94.7 cm³/mol. The maximum absolute atomic E-state index is 12.1. The summed E-state index contributed by atoms with van der Waals surface area (Å²) in [5.41, 5.74) is 5.55. The molecule has 0 saturated carbocycles. The molecule has 3 rings (SSSR count). The van der Waals surface area contributed by atoms with Crippen LogP contribution < -0.4 is 10.3 Å². The van der Waals surface area contributed by atoms with Gasteiger partial charge in [-0.05, 0) is 49.9 Å². The number of rotatable bonds is 3. The average molecular weight is 327 g/mol. The van der Waals surface area contributed by atoms with Crippen molar-refractivity contribution in [2.75, 3.05) is 20.2 Å². The third kappa shape index (κ3) is 3.36. The van der Waals surface area contributed by atoms with Crippen LogP contribution in [0.25, 0.3) is 0 Å². The number of nitrogens with one attached hydrogen (secondary N) is 1. The van der Waals surface area contributed by atoms with E-state index >= 15 is 0 Å². The summed E-state index contributed by atoms with van der Waals surface area (Å²) in [7, 11) is 1.71. The Hall–Kier alpha value is -2.14. The molecule has 1 aliphatic rings. The number of ether oxygens (including phenoxy) is 1. The smallest absolute Gasteiger partial charge is 0.254 e. The zero-order chi connectivity index (χ0) is 17.3. The van der Waals surface area contributed by atoms with Crippen LogP contribution in [0.15, 0.2) is 16.9 Å². The van der Waals surface area contributed by atoms with Gasteiger partial charge in [0.25, 0.3) is 5.56 Å². The van der Waals surface area contributed by atoms with Gasteiger partial charge in [-0.15, -0.1) is 0 Å². The number of aromatic amines is 1. The zero-order valence-electron chi connectivity index (χ0n) is 14.9. The first-order valence-electron chi connectivity index (χ1n) is 8.43. The minimum absolute atomic E-state index is 0.0239. The molecule has 1 aromatic carbocycles. The summed E-state index contributed by atoms with van der Waals surface area (Å²) >= 11 is 0. The Balaban J connectivity index is 1.78. The van der Waals surface area contributed by atoms with Gasteiger partial charge in [-0.3, -0.25) is 9.69 Å². The number of aromatic nitrogens is 2. The van der Waals surface area contributed by atoms with Gasteiger partial charge < -0.3 is 9.72 Å². The van der Waals surface area contributed by atoms with Crippen molar-refractivity contribution in [1.82, 2.24) is 14.9 Å². The fourth-order valence-electron chi connectivity index (χ4n) is 3.42. The van der Waals surface area contributed by atoms with Crippen LogP contribution in [0.3, 0.4) is 0 Å². The molecular formula is C19H25N3O2. The van der Waals surface area contributed by atoms with E-state index in [0.717, 1.165) is 55.0 Å². The molecular weight excluding hydrogens is 302 g/mol. The van der Waals surface area contributed by atoms with Gasteiger partial charge in [0.05, 0.1) is 12.8 Å². The van der Waals surface area contributed by atoms with Gasteiger partial charge in [0.2, 0.25) is 0 Å². The Morgan fingerprint density at radius 2 is 1.92 bits per heavy atom. The molecule has 0 radical (unpaired) electrons. The topological polar surface area (TPSA) is 58.2 Å². The number of hydrogen-bond acceptors (Lipinski definition) is 4. The first kappa shape index (κ1) is 16.7. The molecule has 0 bridgehead atoms. The van der Waals surface area contributed by atoms with E-state index in [-0.39, 0.29) is 5.56 Å². The number of H-pyrrole nitrogens is 1. The van der Waals surface area contributed by atoms with Gasteiger partial charge in [-0.2, -0.15) is 0 Å².